The van der Waals surface area contributed by atoms with Crippen LogP contribution < -0.4 is 10.5 Å². The van der Waals surface area contributed by atoms with E-state index >= 15 is 0 Å². The van der Waals surface area contributed by atoms with Crippen molar-refractivity contribution in [2.45, 2.75) is 36.7 Å². The molecule has 1 fully saturated rings. The monoisotopic (exact) mass is 329 g/mol. The van der Waals surface area contributed by atoms with Crippen molar-refractivity contribution in [2.75, 3.05) is 13.1 Å². The molecule has 2 rings (SSSR count). The quantitative estimate of drug-likeness (QED) is 0.820. The summed E-state index contributed by atoms with van der Waals surface area (Å²) >= 11 is 0. The van der Waals surface area contributed by atoms with Gasteiger partial charge in [-0.3, -0.25) is 9.69 Å². The van der Waals surface area contributed by atoms with Crippen molar-refractivity contribution in [2.24, 2.45) is 5.73 Å². The molecule has 3 N–H and O–H groups in total. The first-order valence-electron chi connectivity index (χ1n) is 7.11. The Labute approximate surface area is 129 Å². The number of hydrogen-bond acceptors (Lipinski definition) is 4. The fraction of sp³-hybridized carbons (Fsp3) is 0.500. The van der Waals surface area contributed by atoms with Gasteiger partial charge in [0.2, 0.25) is 15.9 Å². The third-order valence-electron chi connectivity index (χ3n) is 3.93. The highest BCUT2D eigenvalue weighted by atomic mass is 32.2. The number of primary amides is 1. The molecule has 0 spiro atoms. The van der Waals surface area contributed by atoms with Crippen molar-refractivity contribution in [3.8, 4) is 0 Å². The topological polar surface area (TPSA) is 92.5 Å². The van der Waals surface area contributed by atoms with Gasteiger partial charge in [0.25, 0.3) is 0 Å². The highest BCUT2D eigenvalue weighted by Crippen LogP contribution is 2.17. The maximum Gasteiger partial charge on any atom is 0.240 e. The second-order valence-corrected chi connectivity index (χ2v) is 7.18. The predicted octanol–water partition coefficient (Wildman–Crippen LogP) is 0.442. The molecule has 1 amide bonds. The largest absolute Gasteiger partial charge is 0.368 e. The minimum absolute atomic E-state index is 0.0434. The summed E-state index contributed by atoms with van der Waals surface area (Å²) in [5.74, 6) is -0.863. The number of nitrogens with two attached hydrogens (primary N) is 1. The summed E-state index contributed by atoms with van der Waals surface area (Å²) in [6.07, 6.45) is 1.19. The van der Waals surface area contributed by atoms with Gasteiger partial charge < -0.3 is 5.73 Å². The van der Waals surface area contributed by atoms with Crippen LogP contribution in [0.5, 0.6) is 0 Å². The second-order valence-electron chi connectivity index (χ2n) is 5.46. The molecule has 0 aliphatic carbocycles. The lowest BCUT2D eigenvalue weighted by Gasteiger charge is -2.34. The van der Waals surface area contributed by atoms with Crippen molar-refractivity contribution in [1.82, 2.24) is 9.62 Å². The van der Waals surface area contributed by atoms with Gasteiger partial charge in [0.15, 0.2) is 0 Å². The van der Waals surface area contributed by atoms with Crippen LogP contribution in [0.2, 0.25) is 0 Å². The van der Waals surface area contributed by atoms with Crippen LogP contribution in [0.4, 0.5) is 4.39 Å². The van der Waals surface area contributed by atoms with Crippen LogP contribution in [0.3, 0.4) is 0 Å². The number of nitrogens with zero attached hydrogens (tertiary/aromatic N) is 1. The Morgan fingerprint density at radius 2 is 1.86 bits per heavy atom. The third-order valence-corrected chi connectivity index (χ3v) is 5.47. The molecule has 1 heterocycles. The van der Waals surface area contributed by atoms with Gasteiger partial charge in [0, 0.05) is 19.1 Å². The van der Waals surface area contributed by atoms with Crippen LogP contribution in [-0.2, 0) is 14.8 Å². The van der Waals surface area contributed by atoms with E-state index in [0.717, 1.165) is 12.1 Å². The smallest absolute Gasteiger partial charge is 0.240 e. The van der Waals surface area contributed by atoms with E-state index < -0.39 is 15.8 Å². The Morgan fingerprint density at radius 1 is 1.32 bits per heavy atom. The zero-order valence-corrected chi connectivity index (χ0v) is 13.1. The first-order valence-corrected chi connectivity index (χ1v) is 8.59. The summed E-state index contributed by atoms with van der Waals surface area (Å²) in [6.45, 7) is 2.94. The number of carbonyl (C=O) groups excluding carboxylic acids is 1. The van der Waals surface area contributed by atoms with Crippen molar-refractivity contribution in [1.29, 1.82) is 0 Å². The summed E-state index contributed by atoms with van der Waals surface area (Å²) in [6, 6.07) is 4.16. The molecule has 0 aromatic heterocycles. The van der Waals surface area contributed by atoms with E-state index in [9.17, 15) is 17.6 Å². The standard InChI is InChI=1S/C14H20FN3O3S/c1-10(14(16)19)18-8-6-12(7-9-18)17-22(20,21)13-4-2-11(15)3-5-13/h2-5,10,12,17H,6-9H2,1H3,(H2,16,19)/t10-/m0/s1. The number of hydrogen-bond donors (Lipinski definition) is 2. The number of likely N-dealkylation sites (tertiary alicyclic amines) is 1. The average molecular weight is 329 g/mol. The fourth-order valence-electron chi connectivity index (χ4n) is 2.49. The predicted molar refractivity (Wildman–Crippen MR) is 80.0 cm³/mol. The molecular formula is C14H20FN3O3S. The minimum Gasteiger partial charge on any atom is -0.368 e. The average Bonchev–Trinajstić information content (AvgIpc) is 2.47. The van der Waals surface area contributed by atoms with Crippen molar-refractivity contribution < 1.29 is 17.6 Å². The van der Waals surface area contributed by atoms with E-state index in [1.54, 1.807) is 6.92 Å². The zero-order valence-electron chi connectivity index (χ0n) is 12.3. The van der Waals surface area contributed by atoms with Gasteiger partial charge in [0.1, 0.15) is 5.82 Å². The molecule has 6 nitrogen and oxygen atoms in total. The number of amides is 1. The van der Waals surface area contributed by atoms with Gasteiger partial charge in [-0.1, -0.05) is 0 Å². The second kappa shape index (κ2) is 6.72. The van der Waals surface area contributed by atoms with Gasteiger partial charge in [-0.15, -0.1) is 0 Å². The molecule has 122 valence electrons. The normalized spacial score (nSPS) is 19.0. The SMILES string of the molecule is C[C@@H](C(N)=O)N1CCC(NS(=O)(=O)c2ccc(F)cc2)CC1. The van der Waals surface area contributed by atoms with Gasteiger partial charge >= 0.3 is 0 Å². The van der Waals surface area contributed by atoms with Crippen molar-refractivity contribution in [3.63, 3.8) is 0 Å². The number of rotatable bonds is 5. The number of sulfonamides is 1. The Hall–Kier alpha value is -1.51. The van der Waals surface area contributed by atoms with Crippen LogP contribution in [-0.4, -0.2) is 44.4 Å². The maximum atomic E-state index is 12.9. The van der Waals surface area contributed by atoms with E-state index in [-0.39, 0.29) is 22.9 Å². The Balaban J connectivity index is 1.95. The van der Waals surface area contributed by atoms with Crippen LogP contribution in [0.25, 0.3) is 0 Å². The van der Waals surface area contributed by atoms with Crippen LogP contribution in [0.15, 0.2) is 29.2 Å². The van der Waals surface area contributed by atoms with Gasteiger partial charge in [-0.05, 0) is 44.0 Å². The summed E-state index contributed by atoms with van der Waals surface area (Å²) in [4.78, 5) is 13.1. The van der Waals surface area contributed by atoms with Crippen LogP contribution >= 0.6 is 0 Å². The molecule has 1 aromatic rings. The number of benzene rings is 1. The first-order chi connectivity index (χ1) is 10.3. The number of halogens is 1. The molecule has 0 radical (unpaired) electrons. The van der Waals surface area contributed by atoms with Crippen LogP contribution in [0, 0.1) is 5.82 Å². The minimum atomic E-state index is -3.66. The highest BCUT2D eigenvalue weighted by molar-refractivity contribution is 7.89. The lowest BCUT2D eigenvalue weighted by molar-refractivity contribution is -0.123. The molecule has 0 bridgehead atoms. The van der Waals surface area contributed by atoms with E-state index in [1.807, 2.05) is 4.90 Å². The molecule has 1 aliphatic heterocycles. The molecule has 1 saturated heterocycles. The van der Waals surface area contributed by atoms with Gasteiger partial charge in [-0.25, -0.2) is 17.5 Å². The number of nitrogens with one attached hydrogen (secondary N) is 1. The summed E-state index contributed by atoms with van der Waals surface area (Å²) in [5, 5.41) is 0. The van der Waals surface area contributed by atoms with Crippen LogP contribution in [0.1, 0.15) is 19.8 Å². The van der Waals surface area contributed by atoms with Gasteiger partial charge in [0.05, 0.1) is 10.9 Å². The lowest BCUT2D eigenvalue weighted by atomic mass is 10.0. The van der Waals surface area contributed by atoms with E-state index in [0.29, 0.717) is 25.9 Å². The molecule has 0 unspecified atom stereocenters. The van der Waals surface area contributed by atoms with Gasteiger partial charge in [-0.2, -0.15) is 0 Å². The van der Waals surface area contributed by atoms with Crippen molar-refractivity contribution in [3.05, 3.63) is 30.1 Å². The molecular weight excluding hydrogens is 309 g/mol. The van der Waals surface area contributed by atoms with Crippen molar-refractivity contribution >= 4 is 15.9 Å². The summed E-state index contributed by atoms with van der Waals surface area (Å²) in [7, 11) is -3.66. The molecule has 0 saturated carbocycles. The molecule has 1 atom stereocenters. The molecule has 22 heavy (non-hydrogen) atoms. The van der Waals surface area contributed by atoms with E-state index in [4.69, 9.17) is 5.73 Å². The Bertz CT molecular complexity index is 625. The Morgan fingerprint density at radius 3 is 2.36 bits per heavy atom. The molecule has 1 aliphatic rings. The lowest BCUT2D eigenvalue weighted by Crippen LogP contribution is -2.50. The maximum absolute atomic E-state index is 12.9. The fourth-order valence-corrected chi connectivity index (χ4v) is 3.79. The first kappa shape index (κ1) is 16.9. The van der Waals surface area contributed by atoms with E-state index in [2.05, 4.69) is 4.72 Å². The summed E-state index contributed by atoms with van der Waals surface area (Å²) in [5.41, 5.74) is 5.27. The zero-order chi connectivity index (χ0) is 16.3. The Kier molecular flexibility index (Phi) is 5.15. The number of carbonyl (C=O) groups is 1. The number of piperidine rings is 1. The van der Waals surface area contributed by atoms with E-state index in [1.165, 1.54) is 12.1 Å². The third kappa shape index (κ3) is 4.02. The molecule has 8 heteroatoms. The molecule has 1 aromatic carbocycles. The highest BCUT2D eigenvalue weighted by Gasteiger charge is 2.28. The summed E-state index contributed by atoms with van der Waals surface area (Å²) < 4.78 is 39.9.